The van der Waals surface area contributed by atoms with Gasteiger partial charge in [-0.2, -0.15) is 0 Å². The number of amidine groups is 1. The molecule has 0 saturated carbocycles. The maximum Gasteiger partial charge on any atom is 0.335 e. The van der Waals surface area contributed by atoms with Crippen LogP contribution in [0.3, 0.4) is 0 Å². The molecule has 0 fully saturated rings. The Balaban J connectivity index is 0.000000342. The molecule has 8 nitrogen and oxygen atoms in total. The Hall–Kier alpha value is -2.45. The van der Waals surface area contributed by atoms with E-state index in [9.17, 15) is 9.59 Å². The summed E-state index contributed by atoms with van der Waals surface area (Å²) in [4.78, 5) is 19.5. The summed E-state index contributed by atoms with van der Waals surface area (Å²) in [7, 11) is 0. The second kappa shape index (κ2) is 7.80. The lowest BCUT2D eigenvalue weighted by molar-refractivity contribution is -0.165. The Morgan fingerprint density at radius 2 is 1.37 bits per heavy atom. The zero-order valence-electron chi connectivity index (χ0n) is 9.72. The van der Waals surface area contributed by atoms with E-state index < -0.39 is 24.1 Å². The first kappa shape index (κ1) is 16.6. The van der Waals surface area contributed by atoms with Crippen molar-refractivity contribution in [2.45, 2.75) is 12.2 Å². The Morgan fingerprint density at radius 1 is 1.00 bits per heavy atom. The number of carboxylic acid groups (broad SMARTS) is 2. The van der Waals surface area contributed by atoms with Gasteiger partial charge in [-0.3, -0.25) is 5.41 Å². The molecule has 0 saturated heterocycles. The normalized spacial score (nSPS) is 12.5. The summed E-state index contributed by atoms with van der Waals surface area (Å²) in [5.74, 6) is -3.42. The molecule has 1 aromatic rings. The molecule has 0 amide bonds. The van der Waals surface area contributed by atoms with E-state index in [1.54, 1.807) is 0 Å². The summed E-state index contributed by atoms with van der Waals surface area (Å²) in [6, 6.07) is 9.23. The van der Waals surface area contributed by atoms with Crippen LogP contribution in [0.25, 0.3) is 0 Å². The van der Waals surface area contributed by atoms with Gasteiger partial charge in [-0.05, 0) is 0 Å². The summed E-state index contributed by atoms with van der Waals surface area (Å²) >= 11 is 0. The Bertz CT molecular complexity index is 430. The van der Waals surface area contributed by atoms with Gasteiger partial charge >= 0.3 is 11.9 Å². The van der Waals surface area contributed by atoms with Gasteiger partial charge in [0.05, 0.1) is 0 Å². The number of aliphatic hydroxyl groups excluding tert-OH is 2. The largest absolute Gasteiger partial charge is 0.479 e. The number of aliphatic carboxylic acids is 2. The number of benzene rings is 1. The fourth-order valence-electron chi connectivity index (χ4n) is 0.888. The molecule has 0 aliphatic heterocycles. The minimum absolute atomic E-state index is 0.121. The Labute approximate surface area is 108 Å². The van der Waals surface area contributed by atoms with Crippen LogP contribution < -0.4 is 5.73 Å². The average molecular weight is 270 g/mol. The number of nitrogen functional groups attached to an aromatic ring is 1. The predicted molar refractivity (Wildman–Crippen MR) is 64.7 cm³/mol. The quantitative estimate of drug-likeness (QED) is 0.297. The van der Waals surface area contributed by atoms with Gasteiger partial charge in [-0.1, -0.05) is 30.3 Å². The standard InChI is InChI=1S/C7H8N2.C4H6O6/c8-7(9)6-4-2-1-3-5-6;5-1(3(7)8)2(6)4(9)10/h1-5H,(H3,8,9);1-2,5-6H,(H,7,8)(H,9,10)/t;1-,2-/m.0/s1. The third-order valence-electron chi connectivity index (χ3n) is 1.89. The van der Waals surface area contributed by atoms with Crippen molar-refractivity contribution < 1.29 is 30.0 Å². The minimum Gasteiger partial charge on any atom is -0.479 e. The van der Waals surface area contributed by atoms with Crippen LogP contribution in [0.5, 0.6) is 0 Å². The van der Waals surface area contributed by atoms with Gasteiger partial charge in [0.15, 0.2) is 12.2 Å². The molecular formula is C11H14N2O6. The summed E-state index contributed by atoms with van der Waals surface area (Å²) in [6.45, 7) is 0. The van der Waals surface area contributed by atoms with Crippen LogP contribution in [0, 0.1) is 5.41 Å². The zero-order chi connectivity index (χ0) is 15.0. The molecular weight excluding hydrogens is 256 g/mol. The number of hydrogen-bond acceptors (Lipinski definition) is 5. The highest BCUT2D eigenvalue weighted by molar-refractivity contribution is 5.94. The number of aliphatic hydroxyl groups is 2. The molecule has 8 heteroatoms. The van der Waals surface area contributed by atoms with Crippen molar-refractivity contribution in [2.75, 3.05) is 0 Å². The highest BCUT2D eigenvalue weighted by Gasteiger charge is 2.29. The summed E-state index contributed by atoms with van der Waals surface area (Å²) < 4.78 is 0. The fourth-order valence-corrected chi connectivity index (χ4v) is 0.888. The van der Waals surface area contributed by atoms with E-state index in [2.05, 4.69) is 0 Å². The molecule has 0 unspecified atom stereocenters. The van der Waals surface area contributed by atoms with Gasteiger partial charge in [0.25, 0.3) is 0 Å². The van der Waals surface area contributed by atoms with Crippen LogP contribution in [-0.4, -0.2) is 50.4 Å². The topological polar surface area (TPSA) is 165 Å². The smallest absolute Gasteiger partial charge is 0.335 e. The van der Waals surface area contributed by atoms with Crippen molar-refractivity contribution >= 4 is 17.8 Å². The van der Waals surface area contributed by atoms with Crippen molar-refractivity contribution in [2.24, 2.45) is 5.73 Å². The third-order valence-corrected chi connectivity index (χ3v) is 1.89. The molecule has 0 spiro atoms. The van der Waals surface area contributed by atoms with Crippen LogP contribution in [-0.2, 0) is 9.59 Å². The molecule has 0 aliphatic carbocycles. The second-order valence-electron chi connectivity index (χ2n) is 3.35. The van der Waals surface area contributed by atoms with Gasteiger partial charge in [-0.25, -0.2) is 9.59 Å². The molecule has 0 aliphatic rings. The molecule has 7 N–H and O–H groups in total. The number of nitrogens with one attached hydrogen (secondary N) is 1. The number of nitrogens with two attached hydrogens (primary N) is 1. The summed E-state index contributed by atoms with van der Waals surface area (Å²) in [5, 5.41) is 39.5. The van der Waals surface area contributed by atoms with Gasteiger partial charge in [0.1, 0.15) is 5.84 Å². The maximum absolute atomic E-state index is 9.77. The van der Waals surface area contributed by atoms with E-state index in [-0.39, 0.29) is 5.84 Å². The van der Waals surface area contributed by atoms with Crippen molar-refractivity contribution in [3.05, 3.63) is 35.9 Å². The first-order valence-corrected chi connectivity index (χ1v) is 4.98. The molecule has 0 heterocycles. The second-order valence-corrected chi connectivity index (χ2v) is 3.35. The van der Waals surface area contributed by atoms with Crippen molar-refractivity contribution in [3.63, 3.8) is 0 Å². The number of rotatable bonds is 4. The van der Waals surface area contributed by atoms with Crippen molar-refractivity contribution in [1.29, 1.82) is 5.41 Å². The molecule has 1 rings (SSSR count). The number of hydrogen-bond donors (Lipinski definition) is 6. The van der Waals surface area contributed by atoms with Crippen LogP contribution >= 0.6 is 0 Å². The van der Waals surface area contributed by atoms with Crippen LogP contribution in [0.4, 0.5) is 0 Å². The van der Waals surface area contributed by atoms with E-state index >= 15 is 0 Å². The van der Waals surface area contributed by atoms with Gasteiger partial charge < -0.3 is 26.2 Å². The lowest BCUT2D eigenvalue weighted by Crippen LogP contribution is -2.39. The van der Waals surface area contributed by atoms with E-state index in [1.165, 1.54) is 0 Å². The zero-order valence-corrected chi connectivity index (χ0v) is 9.72. The number of carboxylic acids is 2. The highest BCUT2D eigenvalue weighted by Crippen LogP contribution is 1.94. The predicted octanol–water partition coefficient (Wildman–Crippen LogP) is -1.15. The lowest BCUT2D eigenvalue weighted by Gasteiger charge is -2.07. The van der Waals surface area contributed by atoms with Crippen molar-refractivity contribution in [3.8, 4) is 0 Å². The van der Waals surface area contributed by atoms with Gasteiger partial charge in [0.2, 0.25) is 0 Å². The van der Waals surface area contributed by atoms with E-state index in [1.807, 2.05) is 30.3 Å². The summed E-state index contributed by atoms with van der Waals surface area (Å²) in [5.41, 5.74) is 5.97. The summed E-state index contributed by atoms with van der Waals surface area (Å²) in [6.07, 6.45) is -4.53. The Kier molecular flexibility index (Phi) is 6.79. The number of carbonyl (C=O) groups is 2. The first-order chi connectivity index (χ1) is 8.77. The molecule has 104 valence electrons. The Morgan fingerprint density at radius 3 is 1.58 bits per heavy atom. The van der Waals surface area contributed by atoms with E-state index in [0.717, 1.165) is 5.56 Å². The van der Waals surface area contributed by atoms with Gasteiger partial charge in [-0.15, -0.1) is 0 Å². The van der Waals surface area contributed by atoms with E-state index in [0.29, 0.717) is 0 Å². The van der Waals surface area contributed by atoms with E-state index in [4.69, 9.17) is 31.6 Å². The molecule has 0 aromatic heterocycles. The molecule has 0 radical (unpaired) electrons. The van der Waals surface area contributed by atoms with Gasteiger partial charge in [0, 0.05) is 5.56 Å². The average Bonchev–Trinajstić information content (AvgIpc) is 2.38. The highest BCUT2D eigenvalue weighted by atomic mass is 16.4. The maximum atomic E-state index is 9.77. The minimum atomic E-state index is -2.27. The molecule has 0 bridgehead atoms. The first-order valence-electron chi connectivity index (χ1n) is 4.98. The SMILES string of the molecule is N=C(N)c1ccccc1.O=C(O)[C@@H](O)[C@H](O)C(=O)O. The monoisotopic (exact) mass is 270 g/mol. The fraction of sp³-hybridized carbons (Fsp3) is 0.182. The lowest BCUT2D eigenvalue weighted by atomic mass is 10.2. The van der Waals surface area contributed by atoms with Crippen LogP contribution in [0.15, 0.2) is 30.3 Å². The molecule has 19 heavy (non-hydrogen) atoms. The molecule has 1 aromatic carbocycles. The third kappa shape index (κ3) is 6.15. The van der Waals surface area contributed by atoms with Crippen LogP contribution in [0.1, 0.15) is 5.56 Å². The van der Waals surface area contributed by atoms with Crippen LogP contribution in [0.2, 0.25) is 0 Å². The van der Waals surface area contributed by atoms with Crippen molar-refractivity contribution in [1.82, 2.24) is 0 Å². The molecule has 2 atom stereocenters.